The molecule has 1 aromatic rings. The van der Waals surface area contributed by atoms with Crippen molar-refractivity contribution in [2.24, 2.45) is 5.92 Å². The number of hydrogen-bond acceptors (Lipinski definition) is 3. The minimum absolute atomic E-state index is 0.671. The van der Waals surface area contributed by atoms with Gasteiger partial charge in [-0.25, -0.2) is 4.98 Å². The Kier molecular flexibility index (Phi) is 5.47. The number of thioether (sulfide) groups is 1. The molecule has 0 fully saturated rings. The van der Waals surface area contributed by atoms with Gasteiger partial charge in [-0.05, 0) is 52.4 Å². The SMILES string of the molecule is CSCC(C)CNc1ncc(Br)cc1C. The molecule has 1 aromatic heterocycles. The van der Waals surface area contributed by atoms with E-state index in [9.17, 15) is 0 Å². The van der Waals surface area contributed by atoms with E-state index in [2.05, 4.69) is 52.4 Å². The summed E-state index contributed by atoms with van der Waals surface area (Å²) in [4.78, 5) is 4.35. The first-order valence-electron chi connectivity index (χ1n) is 4.98. The van der Waals surface area contributed by atoms with Gasteiger partial charge in [0, 0.05) is 17.2 Å². The van der Waals surface area contributed by atoms with Gasteiger partial charge in [0.05, 0.1) is 0 Å². The van der Waals surface area contributed by atoms with Crippen molar-refractivity contribution in [1.82, 2.24) is 4.98 Å². The fraction of sp³-hybridized carbons (Fsp3) is 0.545. The highest BCUT2D eigenvalue weighted by atomic mass is 79.9. The smallest absolute Gasteiger partial charge is 0.128 e. The summed E-state index contributed by atoms with van der Waals surface area (Å²) in [5.74, 6) is 2.85. The predicted molar refractivity (Wildman–Crippen MR) is 72.7 cm³/mol. The summed E-state index contributed by atoms with van der Waals surface area (Å²) in [6.45, 7) is 5.30. The average molecular weight is 289 g/mol. The fourth-order valence-corrected chi connectivity index (χ4v) is 2.47. The molecule has 1 unspecified atom stereocenters. The molecule has 0 aliphatic carbocycles. The molecule has 0 aromatic carbocycles. The van der Waals surface area contributed by atoms with Gasteiger partial charge < -0.3 is 5.32 Å². The lowest BCUT2D eigenvalue weighted by Gasteiger charge is -2.13. The predicted octanol–water partition coefficient (Wildman–Crippen LogP) is 3.56. The van der Waals surface area contributed by atoms with Crippen molar-refractivity contribution in [2.45, 2.75) is 13.8 Å². The molecule has 1 rings (SSSR count). The monoisotopic (exact) mass is 288 g/mol. The molecule has 1 heterocycles. The third-order valence-corrected chi connectivity index (χ3v) is 3.45. The maximum Gasteiger partial charge on any atom is 0.128 e. The summed E-state index contributed by atoms with van der Waals surface area (Å²) in [7, 11) is 0. The van der Waals surface area contributed by atoms with Crippen LogP contribution in [0.15, 0.2) is 16.7 Å². The molecule has 0 amide bonds. The van der Waals surface area contributed by atoms with Gasteiger partial charge in [0.1, 0.15) is 5.82 Å². The Morgan fingerprint density at radius 3 is 2.93 bits per heavy atom. The first-order chi connectivity index (χ1) is 7.13. The van der Waals surface area contributed by atoms with Gasteiger partial charge in [-0.15, -0.1) is 0 Å². The molecule has 15 heavy (non-hydrogen) atoms. The van der Waals surface area contributed by atoms with Crippen molar-refractivity contribution in [3.8, 4) is 0 Å². The molecule has 0 spiro atoms. The first kappa shape index (κ1) is 12.8. The Morgan fingerprint density at radius 2 is 2.33 bits per heavy atom. The van der Waals surface area contributed by atoms with E-state index in [-0.39, 0.29) is 0 Å². The maximum absolute atomic E-state index is 4.35. The van der Waals surface area contributed by atoms with Crippen LogP contribution >= 0.6 is 27.7 Å². The lowest BCUT2D eigenvalue weighted by Crippen LogP contribution is -2.14. The Hall–Kier alpha value is -0.220. The van der Waals surface area contributed by atoms with Crippen LogP contribution in [0.2, 0.25) is 0 Å². The minimum atomic E-state index is 0.671. The van der Waals surface area contributed by atoms with Gasteiger partial charge in [0.25, 0.3) is 0 Å². The molecule has 0 aliphatic rings. The Morgan fingerprint density at radius 1 is 1.60 bits per heavy atom. The van der Waals surface area contributed by atoms with Crippen LogP contribution in [0.1, 0.15) is 12.5 Å². The molecule has 0 saturated heterocycles. The van der Waals surface area contributed by atoms with Crippen LogP contribution < -0.4 is 5.32 Å². The van der Waals surface area contributed by atoms with Crippen LogP contribution in [-0.4, -0.2) is 23.5 Å². The number of pyridine rings is 1. The van der Waals surface area contributed by atoms with Gasteiger partial charge in [0.15, 0.2) is 0 Å². The summed E-state index contributed by atoms with van der Waals surface area (Å²) in [6.07, 6.45) is 3.97. The molecule has 4 heteroatoms. The highest BCUT2D eigenvalue weighted by Crippen LogP contribution is 2.17. The molecule has 0 radical (unpaired) electrons. The van der Waals surface area contributed by atoms with Gasteiger partial charge in [-0.1, -0.05) is 6.92 Å². The van der Waals surface area contributed by atoms with Crippen LogP contribution in [0.3, 0.4) is 0 Å². The first-order valence-corrected chi connectivity index (χ1v) is 7.17. The van der Waals surface area contributed by atoms with Crippen LogP contribution in [0, 0.1) is 12.8 Å². The summed E-state index contributed by atoms with van der Waals surface area (Å²) >= 11 is 5.29. The topological polar surface area (TPSA) is 24.9 Å². The Labute approximate surface area is 104 Å². The van der Waals surface area contributed by atoms with E-state index in [1.807, 2.05) is 18.0 Å². The summed E-state index contributed by atoms with van der Waals surface area (Å²) in [5, 5.41) is 3.38. The van der Waals surface area contributed by atoms with Crippen molar-refractivity contribution < 1.29 is 0 Å². The Balaban J connectivity index is 2.50. The molecular formula is C11H17BrN2S. The lowest BCUT2D eigenvalue weighted by atomic mass is 10.2. The van der Waals surface area contributed by atoms with Crippen LogP contribution in [0.5, 0.6) is 0 Å². The summed E-state index contributed by atoms with van der Waals surface area (Å²) in [5.41, 5.74) is 1.18. The van der Waals surface area contributed by atoms with Crippen molar-refractivity contribution in [2.75, 3.05) is 23.9 Å². The number of aromatic nitrogens is 1. The summed E-state index contributed by atoms with van der Waals surface area (Å²) < 4.78 is 1.03. The van der Waals surface area contributed by atoms with E-state index < -0.39 is 0 Å². The van der Waals surface area contributed by atoms with Gasteiger partial charge in [-0.2, -0.15) is 11.8 Å². The third-order valence-electron chi connectivity index (χ3n) is 2.11. The second-order valence-corrected chi connectivity index (χ2v) is 5.59. The molecule has 84 valence electrons. The highest BCUT2D eigenvalue weighted by molar-refractivity contribution is 9.10. The van der Waals surface area contributed by atoms with Crippen molar-refractivity contribution in [1.29, 1.82) is 0 Å². The number of hydrogen-bond donors (Lipinski definition) is 1. The van der Waals surface area contributed by atoms with Gasteiger partial charge in [0.2, 0.25) is 0 Å². The zero-order chi connectivity index (χ0) is 11.3. The van der Waals surface area contributed by atoms with E-state index in [1.54, 1.807) is 0 Å². The Bertz CT molecular complexity index is 317. The molecular weight excluding hydrogens is 272 g/mol. The van der Waals surface area contributed by atoms with E-state index in [0.717, 1.165) is 16.8 Å². The number of halogens is 1. The highest BCUT2D eigenvalue weighted by Gasteiger charge is 2.03. The quantitative estimate of drug-likeness (QED) is 0.897. The molecule has 0 bridgehead atoms. The molecule has 2 nitrogen and oxygen atoms in total. The average Bonchev–Trinajstić information content (AvgIpc) is 2.17. The number of nitrogens with one attached hydrogen (secondary N) is 1. The minimum Gasteiger partial charge on any atom is -0.370 e. The zero-order valence-corrected chi connectivity index (χ0v) is 11.8. The maximum atomic E-state index is 4.35. The van der Waals surface area contributed by atoms with Gasteiger partial charge in [-0.3, -0.25) is 0 Å². The zero-order valence-electron chi connectivity index (χ0n) is 9.38. The fourth-order valence-electron chi connectivity index (χ4n) is 1.34. The van der Waals surface area contributed by atoms with Crippen LogP contribution in [-0.2, 0) is 0 Å². The summed E-state index contributed by atoms with van der Waals surface area (Å²) in [6, 6.07) is 2.08. The molecule has 1 N–H and O–H groups in total. The normalized spacial score (nSPS) is 12.5. The van der Waals surface area contributed by atoms with Gasteiger partial charge >= 0.3 is 0 Å². The molecule has 1 atom stereocenters. The second-order valence-electron chi connectivity index (χ2n) is 3.76. The number of anilines is 1. The van der Waals surface area contributed by atoms with Crippen LogP contribution in [0.4, 0.5) is 5.82 Å². The van der Waals surface area contributed by atoms with Crippen LogP contribution in [0.25, 0.3) is 0 Å². The number of aryl methyl sites for hydroxylation is 1. The van der Waals surface area contributed by atoms with E-state index >= 15 is 0 Å². The molecule has 0 saturated carbocycles. The van der Waals surface area contributed by atoms with E-state index in [1.165, 1.54) is 11.3 Å². The van der Waals surface area contributed by atoms with Crippen molar-refractivity contribution in [3.63, 3.8) is 0 Å². The standard InChI is InChI=1S/C11H17BrN2S/c1-8(7-15-3)5-13-11-9(2)4-10(12)6-14-11/h4,6,8H,5,7H2,1-3H3,(H,13,14). The second kappa shape index (κ2) is 6.38. The number of rotatable bonds is 5. The van der Waals surface area contributed by atoms with E-state index in [4.69, 9.17) is 0 Å². The largest absolute Gasteiger partial charge is 0.370 e. The number of nitrogens with zero attached hydrogens (tertiary/aromatic N) is 1. The van der Waals surface area contributed by atoms with Crippen molar-refractivity contribution in [3.05, 3.63) is 22.3 Å². The van der Waals surface area contributed by atoms with E-state index in [0.29, 0.717) is 5.92 Å². The lowest BCUT2D eigenvalue weighted by molar-refractivity contribution is 0.699. The van der Waals surface area contributed by atoms with Crippen molar-refractivity contribution >= 4 is 33.5 Å². The molecule has 0 aliphatic heterocycles. The third kappa shape index (κ3) is 4.43.